The number of anilines is 1. The zero-order valence-corrected chi connectivity index (χ0v) is 40.5. The third-order valence-electron chi connectivity index (χ3n) is 12.9. The van der Waals surface area contributed by atoms with Crippen molar-refractivity contribution in [3.63, 3.8) is 0 Å². The second-order valence-electron chi connectivity index (χ2n) is 18.7. The third kappa shape index (κ3) is 20.7. The Morgan fingerprint density at radius 1 is 0.871 bits per heavy atom. The van der Waals surface area contributed by atoms with Gasteiger partial charge in [0.15, 0.2) is 0 Å². The van der Waals surface area contributed by atoms with Crippen molar-refractivity contribution in [2.75, 3.05) is 38.5 Å². The van der Waals surface area contributed by atoms with Crippen molar-refractivity contribution in [2.24, 2.45) is 11.7 Å². The standard InChI is InChI=1S/C14H20N2O.C13H25N.C12H12O.C7H15N.C5H8.C4H9N/c1-11(2)12-5-7-13(8-6-12)15-14(17)16-9-3-4-10-16;1-6-13(14)8-7-11(4)12(5)9-10(2)3;1-2-7-11-10(4-1)8-13-12(11)9-5-3-6-9;1-8-7-5-3-2-4-6-7;1-5-3-2-4-5;1-2-4-5-3-1/h5-8,11H,3-4,9-10H2,1-2H3,(H,15,17);9,11,13H,2,6-8,14H2,1,3-5H3;1-2,4,7H,3,5-6,8H2;7-8H,2-6H2,1H3;1-4H2;5H,1-4H2/b;12-9+;;;;. The second kappa shape index (κ2) is 30.4. The number of ether oxygens (including phenoxy) is 1. The Balaban J connectivity index is 0.000000208. The molecule has 7 heteroatoms. The number of benzene rings is 2. The smallest absolute Gasteiger partial charge is 0.321 e. The summed E-state index contributed by atoms with van der Waals surface area (Å²) in [6, 6.07) is 17.8. The van der Waals surface area contributed by atoms with Crippen LogP contribution in [0.25, 0.3) is 5.76 Å². The van der Waals surface area contributed by atoms with E-state index in [0.29, 0.717) is 17.9 Å². The molecule has 0 spiro atoms. The van der Waals surface area contributed by atoms with Gasteiger partial charge in [-0.05, 0) is 165 Å². The van der Waals surface area contributed by atoms with Crippen molar-refractivity contribution in [3.05, 3.63) is 107 Å². The summed E-state index contributed by atoms with van der Waals surface area (Å²) >= 11 is 0. The summed E-state index contributed by atoms with van der Waals surface area (Å²) in [7, 11) is 2.07. The molecule has 2 atom stereocenters. The molecule has 3 aliphatic heterocycles. The Labute approximate surface area is 379 Å². The highest BCUT2D eigenvalue weighted by Gasteiger charge is 2.24. The van der Waals surface area contributed by atoms with E-state index in [4.69, 9.17) is 10.5 Å². The van der Waals surface area contributed by atoms with Gasteiger partial charge in [0.2, 0.25) is 0 Å². The number of hydrogen-bond acceptors (Lipinski definition) is 5. The van der Waals surface area contributed by atoms with E-state index in [-0.39, 0.29) is 6.03 Å². The Kier molecular flexibility index (Phi) is 25.9. The van der Waals surface area contributed by atoms with Crippen LogP contribution in [-0.4, -0.2) is 56.2 Å². The Bertz CT molecular complexity index is 1620. The third-order valence-corrected chi connectivity index (χ3v) is 12.9. The molecule has 62 heavy (non-hydrogen) atoms. The zero-order chi connectivity index (χ0) is 45.1. The Morgan fingerprint density at radius 3 is 1.95 bits per heavy atom. The minimum Gasteiger partial charge on any atom is -0.488 e. The minimum absolute atomic E-state index is 0.0276. The number of likely N-dealkylation sites (tertiary alicyclic amines) is 1. The van der Waals surface area contributed by atoms with E-state index >= 15 is 0 Å². The molecule has 6 aliphatic rings. The number of urea groups is 1. The van der Waals surface area contributed by atoms with Gasteiger partial charge >= 0.3 is 6.03 Å². The number of rotatable bonds is 9. The summed E-state index contributed by atoms with van der Waals surface area (Å²) in [6.45, 7) is 25.6. The molecule has 2 unspecified atom stereocenters. The fourth-order valence-corrected chi connectivity index (χ4v) is 7.91. The number of amides is 2. The average Bonchev–Trinajstić information content (AvgIpc) is 4.09. The van der Waals surface area contributed by atoms with Crippen LogP contribution < -0.4 is 21.7 Å². The van der Waals surface area contributed by atoms with Crippen LogP contribution in [0, 0.1) is 5.92 Å². The summed E-state index contributed by atoms with van der Waals surface area (Å²) in [5, 5.41) is 9.46. The van der Waals surface area contributed by atoms with Crippen LogP contribution in [0.1, 0.15) is 180 Å². The predicted molar refractivity (Wildman–Crippen MR) is 269 cm³/mol. The van der Waals surface area contributed by atoms with Crippen LogP contribution in [0.3, 0.4) is 0 Å². The van der Waals surface area contributed by atoms with E-state index < -0.39 is 0 Å². The highest BCUT2D eigenvalue weighted by molar-refractivity contribution is 5.89. The van der Waals surface area contributed by atoms with E-state index in [1.54, 1.807) is 0 Å². The van der Waals surface area contributed by atoms with Gasteiger partial charge in [0.25, 0.3) is 0 Å². The highest BCUT2D eigenvalue weighted by atomic mass is 16.5. The number of carbonyl (C=O) groups excluding carboxylic acids is 1. The maximum absolute atomic E-state index is 11.8. The van der Waals surface area contributed by atoms with Crippen molar-refractivity contribution in [3.8, 4) is 0 Å². The van der Waals surface area contributed by atoms with Crippen molar-refractivity contribution in [1.82, 2.24) is 15.5 Å². The van der Waals surface area contributed by atoms with Crippen LogP contribution in [0.15, 0.2) is 90.1 Å². The lowest BCUT2D eigenvalue weighted by Crippen LogP contribution is -2.32. The van der Waals surface area contributed by atoms with Gasteiger partial charge in [0.05, 0.1) is 0 Å². The second-order valence-corrected chi connectivity index (χ2v) is 18.7. The molecular formula is C55H89N5O2. The molecule has 2 aromatic carbocycles. The lowest BCUT2D eigenvalue weighted by molar-refractivity contribution is 0.222. The first-order valence-corrected chi connectivity index (χ1v) is 24.6. The van der Waals surface area contributed by atoms with Gasteiger partial charge in [-0.3, -0.25) is 0 Å². The zero-order valence-electron chi connectivity index (χ0n) is 40.5. The maximum atomic E-state index is 11.8. The lowest BCUT2D eigenvalue weighted by Gasteiger charge is -2.20. The van der Waals surface area contributed by atoms with E-state index in [9.17, 15) is 4.79 Å². The Morgan fingerprint density at radius 2 is 1.48 bits per heavy atom. The molecule has 8 rings (SSSR count). The van der Waals surface area contributed by atoms with Crippen LogP contribution >= 0.6 is 0 Å². The summed E-state index contributed by atoms with van der Waals surface area (Å²) in [4.78, 5) is 13.7. The fraction of sp³-hybridized carbons (Fsp3) is 0.618. The van der Waals surface area contributed by atoms with Gasteiger partial charge in [-0.1, -0.05) is 119 Å². The van der Waals surface area contributed by atoms with Gasteiger partial charge < -0.3 is 31.3 Å². The topological polar surface area (TPSA) is 91.7 Å². The molecule has 0 radical (unpaired) electrons. The first-order valence-electron chi connectivity index (χ1n) is 24.6. The molecular weight excluding hydrogens is 763 g/mol. The first-order chi connectivity index (χ1) is 29.9. The van der Waals surface area contributed by atoms with E-state index in [0.717, 1.165) is 62.7 Å². The molecule has 0 bridgehead atoms. The van der Waals surface area contributed by atoms with Gasteiger partial charge in [0.1, 0.15) is 12.4 Å². The van der Waals surface area contributed by atoms with Crippen LogP contribution in [0.4, 0.5) is 10.5 Å². The van der Waals surface area contributed by atoms with Crippen LogP contribution in [-0.2, 0) is 11.3 Å². The largest absolute Gasteiger partial charge is 0.488 e. The predicted octanol–water partition coefficient (Wildman–Crippen LogP) is 13.8. The number of nitrogens with one attached hydrogen (secondary N) is 3. The average molecular weight is 852 g/mol. The molecule has 2 aromatic rings. The molecule has 2 saturated heterocycles. The van der Waals surface area contributed by atoms with Crippen LogP contribution in [0.5, 0.6) is 0 Å². The number of nitrogens with zero attached hydrogens (tertiary/aromatic N) is 1. The van der Waals surface area contributed by atoms with E-state index in [2.05, 4.69) is 113 Å². The minimum atomic E-state index is 0.0276. The summed E-state index contributed by atoms with van der Waals surface area (Å²) in [6.07, 6.45) is 25.5. The van der Waals surface area contributed by atoms with Gasteiger partial charge in [-0.2, -0.15) is 0 Å². The van der Waals surface area contributed by atoms with Crippen molar-refractivity contribution >= 4 is 17.5 Å². The molecule has 5 fully saturated rings. The van der Waals surface area contributed by atoms with Crippen molar-refractivity contribution in [1.29, 1.82) is 0 Å². The molecule has 7 nitrogen and oxygen atoms in total. The number of allylic oxidation sites excluding steroid dienone is 5. The molecule has 5 N–H and O–H groups in total. The van der Waals surface area contributed by atoms with Crippen LogP contribution in [0.2, 0.25) is 0 Å². The molecule has 346 valence electrons. The number of fused-ring (bicyclic) bond motifs is 1. The van der Waals surface area contributed by atoms with E-state index in [1.807, 2.05) is 24.0 Å². The molecule has 3 heterocycles. The number of hydrogen-bond donors (Lipinski definition) is 4. The molecule has 3 aliphatic carbocycles. The van der Waals surface area contributed by atoms with Gasteiger partial charge in [0, 0.05) is 42.0 Å². The van der Waals surface area contributed by atoms with Gasteiger partial charge in [-0.25, -0.2) is 4.79 Å². The molecule has 3 saturated carbocycles. The lowest BCUT2D eigenvalue weighted by atomic mass is 9.89. The van der Waals surface area contributed by atoms with Crippen molar-refractivity contribution < 1.29 is 9.53 Å². The highest BCUT2D eigenvalue weighted by Crippen LogP contribution is 2.39. The maximum Gasteiger partial charge on any atom is 0.321 e. The molecule has 2 amide bonds. The number of carbonyl (C=O) groups is 1. The first kappa shape index (κ1) is 52.7. The molecule has 0 aromatic heterocycles. The Hall–Kier alpha value is -3.65. The monoisotopic (exact) mass is 852 g/mol. The summed E-state index contributed by atoms with van der Waals surface area (Å²) in [5.41, 5.74) is 16.2. The van der Waals surface area contributed by atoms with E-state index in [1.165, 1.54) is 142 Å². The summed E-state index contributed by atoms with van der Waals surface area (Å²) < 4.78 is 5.71. The summed E-state index contributed by atoms with van der Waals surface area (Å²) in [5.74, 6) is 2.34. The number of nitrogens with two attached hydrogens (primary N) is 1. The quantitative estimate of drug-likeness (QED) is 0.149. The fourth-order valence-electron chi connectivity index (χ4n) is 7.91. The normalized spacial score (nSPS) is 18.8. The van der Waals surface area contributed by atoms with Crippen molar-refractivity contribution in [2.45, 2.75) is 182 Å². The van der Waals surface area contributed by atoms with Gasteiger partial charge in [-0.15, -0.1) is 0 Å². The SMILES string of the molecule is C1CCNC1.C=C(C)/C=C(\C)C(C)CCC(N)CC.C=C1CCC1.CC(C)c1ccc(NC(=O)N2CCCC2)cc1.CNC1CCCCC1.c1ccc2c(c1)COC2=C1CCC1.